The van der Waals surface area contributed by atoms with Gasteiger partial charge in [-0.1, -0.05) is 29.8 Å². The second-order valence-electron chi connectivity index (χ2n) is 7.28. The van der Waals surface area contributed by atoms with Gasteiger partial charge in [-0.3, -0.25) is 9.69 Å². The van der Waals surface area contributed by atoms with Crippen LogP contribution in [0.5, 0.6) is 0 Å². The summed E-state index contributed by atoms with van der Waals surface area (Å²) in [5.41, 5.74) is 3.15. The van der Waals surface area contributed by atoms with E-state index in [0.717, 1.165) is 53.4 Å². The van der Waals surface area contributed by atoms with Gasteiger partial charge in [-0.05, 0) is 36.7 Å². The number of nitrogens with zero attached hydrogens (tertiary/aromatic N) is 4. The van der Waals surface area contributed by atoms with Crippen molar-refractivity contribution in [3.8, 4) is 0 Å². The predicted molar refractivity (Wildman–Crippen MR) is 110 cm³/mol. The van der Waals surface area contributed by atoms with Crippen LogP contribution in [-0.4, -0.2) is 45.2 Å². The first kappa shape index (κ1) is 18.9. The molecule has 1 aliphatic rings. The average Bonchev–Trinajstić information content (AvgIpc) is 3.28. The van der Waals surface area contributed by atoms with E-state index < -0.39 is 0 Å². The van der Waals surface area contributed by atoms with Crippen molar-refractivity contribution in [2.24, 2.45) is 0 Å². The maximum absolute atomic E-state index is 11.2. The number of aromatic nitrogens is 3. The number of pyridine rings is 1. The van der Waals surface area contributed by atoms with E-state index in [-0.39, 0.29) is 5.91 Å². The van der Waals surface area contributed by atoms with Crippen LogP contribution in [-0.2, 0) is 17.9 Å². The summed E-state index contributed by atoms with van der Waals surface area (Å²) in [6.45, 7) is 5.52. The number of rotatable bonds is 6. The van der Waals surface area contributed by atoms with Crippen molar-refractivity contribution < 1.29 is 4.79 Å². The number of benzene rings is 1. The second-order valence-corrected chi connectivity index (χ2v) is 7.69. The van der Waals surface area contributed by atoms with Gasteiger partial charge in [0.25, 0.3) is 0 Å². The van der Waals surface area contributed by atoms with Crippen LogP contribution in [0.15, 0.2) is 42.6 Å². The zero-order chi connectivity index (χ0) is 19.5. The highest BCUT2D eigenvalue weighted by Crippen LogP contribution is 2.32. The van der Waals surface area contributed by atoms with Gasteiger partial charge in [-0.25, -0.2) is 9.67 Å². The minimum Gasteiger partial charge on any atom is -0.354 e. The molecule has 4 rings (SSSR count). The average molecular weight is 398 g/mol. The van der Waals surface area contributed by atoms with Crippen LogP contribution in [0.25, 0.3) is 11.0 Å². The third kappa shape index (κ3) is 4.03. The number of hydrogen-bond acceptors (Lipinski definition) is 4. The molecular formula is C21H24ClN5O. The number of carbonyl (C=O) groups is 1. The molecular weight excluding hydrogens is 374 g/mol. The van der Waals surface area contributed by atoms with E-state index in [4.69, 9.17) is 16.7 Å². The summed E-state index contributed by atoms with van der Waals surface area (Å²) in [5.74, 6) is 0.340. The van der Waals surface area contributed by atoms with E-state index in [1.807, 2.05) is 28.9 Å². The first-order valence-electron chi connectivity index (χ1n) is 9.63. The van der Waals surface area contributed by atoms with Crippen LogP contribution in [0.4, 0.5) is 0 Å². The zero-order valence-electron chi connectivity index (χ0n) is 15.9. The Morgan fingerprint density at radius 2 is 2.14 bits per heavy atom. The van der Waals surface area contributed by atoms with Gasteiger partial charge in [-0.2, -0.15) is 5.10 Å². The molecule has 0 unspecified atom stereocenters. The zero-order valence-corrected chi connectivity index (χ0v) is 16.7. The van der Waals surface area contributed by atoms with Crippen LogP contribution in [0.2, 0.25) is 5.02 Å². The lowest BCUT2D eigenvalue weighted by Crippen LogP contribution is -2.25. The van der Waals surface area contributed by atoms with Gasteiger partial charge in [0.1, 0.15) is 0 Å². The molecule has 0 bridgehead atoms. The van der Waals surface area contributed by atoms with E-state index in [2.05, 4.69) is 27.3 Å². The third-order valence-corrected chi connectivity index (χ3v) is 5.61. The van der Waals surface area contributed by atoms with Crippen molar-refractivity contribution in [2.45, 2.75) is 32.4 Å². The highest BCUT2D eigenvalue weighted by molar-refractivity contribution is 6.31. The van der Waals surface area contributed by atoms with E-state index in [0.29, 0.717) is 19.0 Å². The van der Waals surface area contributed by atoms with Gasteiger partial charge in [0, 0.05) is 49.1 Å². The van der Waals surface area contributed by atoms with E-state index in [1.54, 1.807) is 6.20 Å². The van der Waals surface area contributed by atoms with Crippen molar-refractivity contribution in [1.82, 2.24) is 25.0 Å². The van der Waals surface area contributed by atoms with E-state index >= 15 is 0 Å². The molecule has 6 nitrogen and oxygen atoms in total. The Kier molecular flexibility index (Phi) is 5.59. The third-order valence-electron chi connectivity index (χ3n) is 5.24. The summed E-state index contributed by atoms with van der Waals surface area (Å²) in [6.07, 6.45) is 2.86. The summed E-state index contributed by atoms with van der Waals surface area (Å²) in [7, 11) is 0. The van der Waals surface area contributed by atoms with Crippen molar-refractivity contribution in [3.63, 3.8) is 0 Å². The largest absolute Gasteiger partial charge is 0.354 e. The number of halogens is 1. The lowest BCUT2D eigenvalue weighted by molar-refractivity contribution is -0.118. The van der Waals surface area contributed by atoms with Crippen molar-refractivity contribution in [3.05, 3.63) is 58.9 Å². The number of carbonyl (C=O) groups excluding carboxylic acids is 1. The number of nitrogens with one attached hydrogen (secondary N) is 1. The first-order valence-corrected chi connectivity index (χ1v) is 10.0. The molecule has 1 aliphatic heterocycles. The summed E-state index contributed by atoms with van der Waals surface area (Å²) < 4.78 is 1.91. The number of fused-ring (bicyclic) bond motifs is 1. The van der Waals surface area contributed by atoms with E-state index in [1.165, 1.54) is 6.92 Å². The molecule has 7 heteroatoms. The molecule has 1 aromatic carbocycles. The maximum Gasteiger partial charge on any atom is 0.216 e. The fourth-order valence-corrected chi connectivity index (χ4v) is 4.09. The quantitative estimate of drug-likeness (QED) is 0.693. The van der Waals surface area contributed by atoms with Crippen LogP contribution < -0.4 is 5.32 Å². The summed E-state index contributed by atoms with van der Waals surface area (Å²) in [5, 5.41) is 9.63. The summed E-state index contributed by atoms with van der Waals surface area (Å²) in [4.78, 5) is 18.1. The number of amides is 1. The van der Waals surface area contributed by atoms with Gasteiger partial charge >= 0.3 is 0 Å². The lowest BCUT2D eigenvalue weighted by Gasteiger charge is -2.16. The van der Waals surface area contributed by atoms with Crippen molar-refractivity contribution in [1.29, 1.82) is 0 Å². The van der Waals surface area contributed by atoms with E-state index in [9.17, 15) is 4.79 Å². The van der Waals surface area contributed by atoms with Gasteiger partial charge in [0.05, 0.1) is 12.2 Å². The molecule has 1 N–H and O–H groups in total. The Morgan fingerprint density at radius 3 is 2.96 bits per heavy atom. The molecule has 0 aliphatic carbocycles. The molecule has 1 fully saturated rings. The molecule has 2 aromatic heterocycles. The molecule has 1 amide bonds. The number of likely N-dealkylation sites (tertiary alicyclic amines) is 1. The van der Waals surface area contributed by atoms with Crippen molar-refractivity contribution in [2.75, 3.05) is 19.6 Å². The van der Waals surface area contributed by atoms with Crippen LogP contribution in [0, 0.1) is 0 Å². The van der Waals surface area contributed by atoms with Gasteiger partial charge in [0.15, 0.2) is 5.65 Å². The smallest absolute Gasteiger partial charge is 0.216 e. The molecule has 0 spiro atoms. The van der Waals surface area contributed by atoms with Crippen molar-refractivity contribution >= 4 is 28.5 Å². The molecule has 0 radical (unpaired) electrons. The molecule has 3 aromatic rings. The standard InChI is InChI=1S/C21H24ClN5O/c1-15(28)23-10-12-27-21-18(6-4-9-24-21)20(25-27)17-8-11-26(14-17)13-16-5-2-3-7-19(16)22/h2-7,9,17H,8,10-14H2,1H3,(H,23,28)/t17-/m1/s1. The fourth-order valence-electron chi connectivity index (χ4n) is 3.90. The van der Waals surface area contributed by atoms with Crippen LogP contribution in [0.1, 0.15) is 30.5 Å². The van der Waals surface area contributed by atoms with Crippen LogP contribution >= 0.6 is 11.6 Å². The van der Waals surface area contributed by atoms with Gasteiger partial charge < -0.3 is 5.32 Å². The van der Waals surface area contributed by atoms with Gasteiger partial charge in [0.2, 0.25) is 5.91 Å². The Morgan fingerprint density at radius 1 is 1.29 bits per heavy atom. The normalized spacial score (nSPS) is 17.3. The topological polar surface area (TPSA) is 63.1 Å². The molecule has 146 valence electrons. The Bertz CT molecular complexity index is 986. The van der Waals surface area contributed by atoms with Gasteiger partial charge in [-0.15, -0.1) is 0 Å². The molecule has 28 heavy (non-hydrogen) atoms. The lowest BCUT2D eigenvalue weighted by atomic mass is 10.0. The van der Waals surface area contributed by atoms with Crippen LogP contribution in [0.3, 0.4) is 0 Å². The minimum atomic E-state index is -0.0318. The Labute approximate surface area is 169 Å². The predicted octanol–water partition coefficient (Wildman–Crippen LogP) is 3.21. The minimum absolute atomic E-state index is 0.0318. The molecule has 1 saturated heterocycles. The number of hydrogen-bond donors (Lipinski definition) is 1. The molecule has 3 heterocycles. The first-order chi connectivity index (χ1) is 13.6. The summed E-state index contributed by atoms with van der Waals surface area (Å²) >= 11 is 6.33. The monoisotopic (exact) mass is 397 g/mol. The molecule has 0 saturated carbocycles. The fraction of sp³-hybridized carbons (Fsp3) is 0.381. The maximum atomic E-state index is 11.2. The summed E-state index contributed by atoms with van der Waals surface area (Å²) in [6, 6.07) is 12.1. The Hall–Kier alpha value is -2.44. The second kappa shape index (κ2) is 8.29. The highest BCUT2D eigenvalue weighted by atomic mass is 35.5. The molecule has 1 atom stereocenters. The SMILES string of the molecule is CC(=O)NCCn1nc([C@@H]2CCN(Cc3ccccc3Cl)C2)c2cccnc21. The Balaban J connectivity index is 1.51. The highest BCUT2D eigenvalue weighted by Gasteiger charge is 2.28.